The summed E-state index contributed by atoms with van der Waals surface area (Å²) in [7, 11) is 0. The van der Waals surface area contributed by atoms with Gasteiger partial charge in [0.2, 0.25) is 0 Å². The van der Waals surface area contributed by atoms with Crippen molar-refractivity contribution in [2.45, 2.75) is 32.7 Å². The molecule has 7 heteroatoms. The van der Waals surface area contributed by atoms with Gasteiger partial charge in [-0.2, -0.15) is 0 Å². The Labute approximate surface area is 131 Å². The molecule has 0 N–H and O–H groups in total. The number of hydrogen-bond donors (Lipinski definition) is 0. The maximum Gasteiger partial charge on any atom is 0.274 e. The van der Waals surface area contributed by atoms with Crippen molar-refractivity contribution in [1.82, 2.24) is 19.4 Å². The highest BCUT2D eigenvalue weighted by Gasteiger charge is 2.35. The largest absolute Gasteiger partial charge is 0.361 e. The molecule has 1 amide bonds. The molecule has 0 saturated carbocycles. The molecule has 0 spiro atoms. The lowest BCUT2D eigenvalue weighted by Crippen LogP contribution is -2.31. The Hall–Kier alpha value is -2.15. The Morgan fingerprint density at radius 2 is 2.32 bits per heavy atom. The quantitative estimate of drug-likeness (QED) is 0.729. The average molecular weight is 316 g/mol. The number of rotatable bonds is 2. The minimum absolute atomic E-state index is 0.0154. The summed E-state index contributed by atoms with van der Waals surface area (Å²) in [4.78, 5) is 20.0. The maximum atomic E-state index is 12.8. The molecule has 0 aliphatic carbocycles. The molecule has 1 aliphatic heterocycles. The number of hydrogen-bond acceptors (Lipinski definition) is 5. The minimum Gasteiger partial charge on any atom is -0.361 e. The monoisotopic (exact) mass is 316 g/mol. The number of carbonyl (C=O) groups excluding carboxylic acids is 1. The standard InChI is InChI=1S/C15H16N4O2S/c1-9-13(10(2)21-17-9)12-4-3-5-19(12)14(20)11-8-18-6-7-22-15(18)16-11/h6-8,12H,3-5H2,1-2H3/t12-/m0/s1. The molecular weight excluding hydrogens is 300 g/mol. The average Bonchev–Trinajstić information content (AvgIpc) is 3.21. The fraction of sp³-hybridized carbons (Fsp3) is 0.400. The van der Waals surface area contributed by atoms with Crippen LogP contribution in [0.2, 0.25) is 0 Å². The third kappa shape index (κ3) is 1.96. The minimum atomic E-state index is -0.0154. The number of aryl methyl sites for hydroxylation is 2. The molecule has 1 fully saturated rings. The lowest BCUT2D eigenvalue weighted by molar-refractivity contribution is 0.0729. The zero-order chi connectivity index (χ0) is 15.3. The Morgan fingerprint density at radius 1 is 1.45 bits per heavy atom. The lowest BCUT2D eigenvalue weighted by Gasteiger charge is -2.23. The molecule has 3 aromatic rings. The molecular formula is C15H16N4O2S. The van der Waals surface area contributed by atoms with E-state index in [-0.39, 0.29) is 11.9 Å². The van der Waals surface area contributed by atoms with Crippen LogP contribution in [0.4, 0.5) is 0 Å². The normalized spacial score (nSPS) is 18.5. The molecule has 114 valence electrons. The van der Waals surface area contributed by atoms with E-state index in [0.717, 1.165) is 41.4 Å². The molecule has 0 unspecified atom stereocenters. The van der Waals surface area contributed by atoms with E-state index in [2.05, 4.69) is 10.1 Å². The number of carbonyl (C=O) groups is 1. The van der Waals surface area contributed by atoms with E-state index >= 15 is 0 Å². The summed E-state index contributed by atoms with van der Waals surface area (Å²) in [6.45, 7) is 4.58. The van der Waals surface area contributed by atoms with Crippen molar-refractivity contribution in [3.05, 3.63) is 40.5 Å². The van der Waals surface area contributed by atoms with Crippen molar-refractivity contribution in [3.8, 4) is 0 Å². The van der Waals surface area contributed by atoms with Gasteiger partial charge in [-0.25, -0.2) is 4.98 Å². The Bertz CT molecular complexity index is 799. The Morgan fingerprint density at radius 3 is 3.05 bits per heavy atom. The van der Waals surface area contributed by atoms with Gasteiger partial charge in [0.15, 0.2) is 4.96 Å². The Kier molecular flexibility index (Phi) is 3.04. The summed E-state index contributed by atoms with van der Waals surface area (Å²) in [5, 5.41) is 5.98. The maximum absolute atomic E-state index is 12.8. The van der Waals surface area contributed by atoms with Gasteiger partial charge in [-0.15, -0.1) is 11.3 Å². The lowest BCUT2D eigenvalue weighted by atomic mass is 10.0. The van der Waals surface area contributed by atoms with Gasteiger partial charge >= 0.3 is 0 Å². The molecule has 6 nitrogen and oxygen atoms in total. The van der Waals surface area contributed by atoms with Crippen LogP contribution in [0.3, 0.4) is 0 Å². The second kappa shape index (κ2) is 4.95. The molecule has 0 aromatic carbocycles. The van der Waals surface area contributed by atoms with Gasteiger partial charge in [-0.05, 0) is 26.7 Å². The van der Waals surface area contributed by atoms with E-state index in [1.165, 1.54) is 11.3 Å². The van der Waals surface area contributed by atoms with Gasteiger partial charge in [0.1, 0.15) is 11.5 Å². The summed E-state index contributed by atoms with van der Waals surface area (Å²) in [6.07, 6.45) is 5.65. The molecule has 0 bridgehead atoms. The van der Waals surface area contributed by atoms with E-state index < -0.39 is 0 Å². The van der Waals surface area contributed by atoms with Gasteiger partial charge < -0.3 is 9.42 Å². The fourth-order valence-electron chi connectivity index (χ4n) is 3.25. The molecule has 22 heavy (non-hydrogen) atoms. The van der Waals surface area contributed by atoms with Crippen LogP contribution < -0.4 is 0 Å². The highest BCUT2D eigenvalue weighted by molar-refractivity contribution is 7.15. The SMILES string of the molecule is Cc1noc(C)c1[C@@H]1CCCN1C(=O)c1cn2ccsc2n1. The van der Waals surface area contributed by atoms with Gasteiger partial charge in [-0.3, -0.25) is 9.20 Å². The molecule has 4 heterocycles. The van der Waals surface area contributed by atoms with Crippen LogP contribution in [0.25, 0.3) is 4.96 Å². The summed E-state index contributed by atoms with van der Waals surface area (Å²) < 4.78 is 7.16. The second-order valence-corrected chi connectivity index (χ2v) is 6.49. The smallest absolute Gasteiger partial charge is 0.274 e. The molecule has 1 saturated heterocycles. The summed E-state index contributed by atoms with van der Waals surface area (Å²) in [5.41, 5.74) is 2.42. The third-order valence-electron chi connectivity index (χ3n) is 4.25. The number of fused-ring (bicyclic) bond motifs is 1. The Balaban J connectivity index is 1.68. The topological polar surface area (TPSA) is 63.6 Å². The van der Waals surface area contributed by atoms with Crippen molar-refractivity contribution in [3.63, 3.8) is 0 Å². The van der Waals surface area contributed by atoms with Crippen molar-refractivity contribution in [1.29, 1.82) is 0 Å². The summed E-state index contributed by atoms with van der Waals surface area (Å²) in [5.74, 6) is 0.784. The first kappa shape index (κ1) is 13.5. The molecule has 0 radical (unpaired) electrons. The van der Waals surface area contributed by atoms with E-state index in [4.69, 9.17) is 4.52 Å². The highest BCUT2D eigenvalue weighted by Crippen LogP contribution is 2.36. The van der Waals surface area contributed by atoms with Gasteiger partial charge in [0, 0.05) is 29.9 Å². The number of amides is 1. The van der Waals surface area contributed by atoms with E-state index in [9.17, 15) is 4.79 Å². The van der Waals surface area contributed by atoms with Crippen LogP contribution in [0.15, 0.2) is 22.3 Å². The molecule has 1 atom stereocenters. The molecule has 1 aliphatic rings. The number of aromatic nitrogens is 3. The predicted molar refractivity (Wildman–Crippen MR) is 82.1 cm³/mol. The van der Waals surface area contributed by atoms with Crippen molar-refractivity contribution in [2.75, 3.05) is 6.54 Å². The number of imidazole rings is 1. The highest BCUT2D eigenvalue weighted by atomic mass is 32.1. The van der Waals surface area contributed by atoms with Crippen LogP contribution in [0.5, 0.6) is 0 Å². The number of thiazole rings is 1. The van der Waals surface area contributed by atoms with Crippen LogP contribution >= 0.6 is 11.3 Å². The first-order chi connectivity index (χ1) is 10.6. The zero-order valence-electron chi connectivity index (χ0n) is 12.4. The number of likely N-dealkylation sites (tertiary alicyclic amines) is 1. The van der Waals surface area contributed by atoms with Crippen molar-refractivity contribution >= 4 is 22.2 Å². The van der Waals surface area contributed by atoms with Gasteiger partial charge in [0.05, 0.1) is 11.7 Å². The zero-order valence-corrected chi connectivity index (χ0v) is 13.3. The van der Waals surface area contributed by atoms with Gasteiger partial charge in [-0.1, -0.05) is 5.16 Å². The predicted octanol–water partition coefficient (Wildman–Crippen LogP) is 2.98. The fourth-order valence-corrected chi connectivity index (χ4v) is 3.95. The third-order valence-corrected chi connectivity index (χ3v) is 5.02. The van der Waals surface area contributed by atoms with E-state index in [1.54, 1.807) is 6.20 Å². The first-order valence-electron chi connectivity index (χ1n) is 7.31. The molecule has 4 rings (SSSR count). The van der Waals surface area contributed by atoms with Crippen LogP contribution in [-0.4, -0.2) is 31.9 Å². The van der Waals surface area contributed by atoms with E-state index in [0.29, 0.717) is 5.69 Å². The van der Waals surface area contributed by atoms with Crippen LogP contribution in [-0.2, 0) is 0 Å². The van der Waals surface area contributed by atoms with Crippen molar-refractivity contribution in [2.24, 2.45) is 0 Å². The first-order valence-corrected chi connectivity index (χ1v) is 8.19. The van der Waals surface area contributed by atoms with Gasteiger partial charge in [0.25, 0.3) is 5.91 Å². The van der Waals surface area contributed by atoms with E-state index in [1.807, 2.05) is 34.7 Å². The summed E-state index contributed by atoms with van der Waals surface area (Å²) >= 11 is 1.53. The molecule has 3 aromatic heterocycles. The van der Waals surface area contributed by atoms with Crippen LogP contribution in [0.1, 0.15) is 46.4 Å². The summed E-state index contributed by atoms with van der Waals surface area (Å²) in [6, 6.07) is 0.0403. The van der Waals surface area contributed by atoms with Crippen LogP contribution in [0, 0.1) is 13.8 Å². The number of nitrogens with zero attached hydrogens (tertiary/aromatic N) is 4. The van der Waals surface area contributed by atoms with Crippen molar-refractivity contribution < 1.29 is 9.32 Å². The second-order valence-electron chi connectivity index (χ2n) is 5.61.